The molecular formula is C24H36N3O4P. The number of hydrogen-bond donors (Lipinski definition) is 0. The number of likely N-dealkylation sites (N-methyl/N-ethyl adjacent to an activating group) is 2. The van der Waals surface area contributed by atoms with E-state index in [2.05, 4.69) is 9.34 Å². The van der Waals surface area contributed by atoms with E-state index < -0.39 is 19.1 Å². The predicted molar refractivity (Wildman–Crippen MR) is 125 cm³/mol. The summed E-state index contributed by atoms with van der Waals surface area (Å²) in [5.74, 6) is 1.50. The number of hydroxylamine groups is 2. The normalized spacial score (nSPS) is 32.7. The van der Waals surface area contributed by atoms with Crippen molar-refractivity contribution in [2.45, 2.75) is 82.8 Å². The molecule has 1 aromatic rings. The van der Waals surface area contributed by atoms with Crippen molar-refractivity contribution in [1.82, 2.24) is 14.4 Å². The molecule has 4 rings (SSSR count). The molecule has 8 heteroatoms. The topological polar surface area (TPSA) is 62.1 Å². The van der Waals surface area contributed by atoms with Crippen molar-refractivity contribution < 1.29 is 18.9 Å². The van der Waals surface area contributed by atoms with E-state index in [1.807, 2.05) is 77.1 Å². The van der Waals surface area contributed by atoms with Gasteiger partial charge in [-0.2, -0.15) is 5.06 Å². The van der Waals surface area contributed by atoms with Crippen LogP contribution < -0.4 is 0 Å². The van der Waals surface area contributed by atoms with E-state index in [4.69, 9.17) is 9.57 Å². The summed E-state index contributed by atoms with van der Waals surface area (Å²) in [6, 6.07) is 9.69. The maximum Gasteiger partial charge on any atom is 0.328 e. The van der Waals surface area contributed by atoms with Crippen molar-refractivity contribution in [2.24, 2.45) is 0 Å². The Kier molecular flexibility index (Phi) is 6.68. The molecule has 7 nitrogen and oxygen atoms in total. The van der Waals surface area contributed by atoms with Crippen molar-refractivity contribution >= 4 is 13.4 Å². The van der Waals surface area contributed by atoms with E-state index in [0.29, 0.717) is 18.7 Å². The van der Waals surface area contributed by atoms with Crippen LogP contribution >= 0.6 is 7.44 Å². The van der Waals surface area contributed by atoms with Gasteiger partial charge in [0.05, 0.1) is 12.6 Å². The number of fused-ring (bicyclic) bond motifs is 1. The molecule has 2 heterocycles. The summed E-state index contributed by atoms with van der Waals surface area (Å²) in [4.78, 5) is 18.8. The minimum absolute atomic E-state index is 0.288. The fourth-order valence-corrected chi connectivity index (χ4v) is 7.59. The summed E-state index contributed by atoms with van der Waals surface area (Å²) < 4.78 is 23.7. The Labute approximate surface area is 191 Å². The lowest BCUT2D eigenvalue weighted by Gasteiger charge is -2.28. The zero-order valence-corrected chi connectivity index (χ0v) is 20.7. The molecule has 176 valence electrons. The van der Waals surface area contributed by atoms with Gasteiger partial charge in [-0.15, -0.1) is 0 Å². The second-order valence-corrected chi connectivity index (χ2v) is 12.8. The third-order valence-corrected chi connectivity index (χ3v) is 9.67. The summed E-state index contributed by atoms with van der Waals surface area (Å²) in [6.45, 7) is 5.94. The standard InChI is InChI=1S/C24H36N3O4P/c1-24(2,3)31-23(28)22-21(27(22)30-17-18-11-7-6-8-12-18)15-16-32(29)25(4)19-13-9-10-14-20(19)26(32)5/h6-8,11-12,15-16,19-22H,9-10,13-14,17H2,1-5H3/b16-15+/t19-,20-,21-,22-,27?/m1/s1. The first-order valence-corrected chi connectivity index (χ1v) is 13.2. The highest BCUT2D eigenvalue weighted by Crippen LogP contribution is 2.63. The molecule has 1 unspecified atom stereocenters. The molecular weight excluding hydrogens is 425 g/mol. The number of ether oxygens (including phenoxy) is 1. The number of benzene rings is 1. The molecule has 1 saturated carbocycles. The summed E-state index contributed by atoms with van der Waals surface area (Å²) in [7, 11) is 1.12. The Hall–Kier alpha value is -1.50. The van der Waals surface area contributed by atoms with E-state index in [0.717, 1.165) is 18.4 Å². The van der Waals surface area contributed by atoms with Crippen LogP contribution in [-0.2, 0) is 25.5 Å². The molecule has 0 aromatic heterocycles. The maximum atomic E-state index is 14.0. The minimum atomic E-state index is -2.82. The van der Waals surface area contributed by atoms with Gasteiger partial charge in [-0.1, -0.05) is 49.2 Å². The van der Waals surface area contributed by atoms with Crippen LogP contribution in [0, 0.1) is 0 Å². The van der Waals surface area contributed by atoms with Crippen LogP contribution in [0.1, 0.15) is 52.0 Å². The van der Waals surface area contributed by atoms with Gasteiger partial charge in [-0.05, 0) is 53.3 Å². The molecule has 5 atom stereocenters. The van der Waals surface area contributed by atoms with Crippen LogP contribution in [0.4, 0.5) is 0 Å². The van der Waals surface area contributed by atoms with Crippen molar-refractivity contribution in [3.8, 4) is 0 Å². The smallest absolute Gasteiger partial charge is 0.328 e. The molecule has 0 bridgehead atoms. The maximum absolute atomic E-state index is 14.0. The average Bonchev–Trinajstić information content (AvgIpc) is 3.43. The van der Waals surface area contributed by atoms with Crippen LogP contribution in [0.5, 0.6) is 0 Å². The van der Waals surface area contributed by atoms with Crippen molar-refractivity contribution in [2.75, 3.05) is 14.1 Å². The largest absolute Gasteiger partial charge is 0.459 e. The van der Waals surface area contributed by atoms with Gasteiger partial charge in [0.1, 0.15) is 5.60 Å². The predicted octanol–water partition coefficient (Wildman–Crippen LogP) is 4.41. The van der Waals surface area contributed by atoms with Gasteiger partial charge in [0.2, 0.25) is 7.44 Å². The van der Waals surface area contributed by atoms with Crippen LogP contribution in [0.25, 0.3) is 0 Å². The Morgan fingerprint density at radius 3 is 2.25 bits per heavy atom. The average molecular weight is 462 g/mol. The highest BCUT2D eigenvalue weighted by Gasteiger charge is 2.56. The van der Waals surface area contributed by atoms with Crippen LogP contribution in [0.2, 0.25) is 0 Å². The van der Waals surface area contributed by atoms with E-state index in [1.165, 1.54) is 12.8 Å². The van der Waals surface area contributed by atoms with Gasteiger partial charge >= 0.3 is 5.97 Å². The molecule has 0 spiro atoms. The third-order valence-electron chi connectivity index (χ3n) is 6.71. The molecule has 3 fully saturated rings. The minimum Gasteiger partial charge on any atom is -0.459 e. The van der Waals surface area contributed by atoms with Gasteiger partial charge in [0.15, 0.2) is 6.04 Å². The molecule has 2 saturated heterocycles. The lowest BCUT2D eigenvalue weighted by molar-refractivity contribution is -0.162. The van der Waals surface area contributed by atoms with Gasteiger partial charge in [0.25, 0.3) is 0 Å². The first-order valence-electron chi connectivity index (χ1n) is 11.6. The third kappa shape index (κ3) is 4.73. The lowest BCUT2D eigenvalue weighted by Crippen LogP contribution is -2.37. The highest BCUT2D eigenvalue weighted by molar-refractivity contribution is 7.62. The van der Waals surface area contributed by atoms with E-state index >= 15 is 0 Å². The first-order chi connectivity index (χ1) is 15.1. The van der Waals surface area contributed by atoms with Gasteiger partial charge in [0, 0.05) is 17.9 Å². The van der Waals surface area contributed by atoms with Gasteiger partial charge < -0.3 is 4.74 Å². The first kappa shape index (κ1) is 23.7. The van der Waals surface area contributed by atoms with E-state index in [9.17, 15) is 9.36 Å². The molecule has 0 N–H and O–H groups in total. The molecule has 0 amide bonds. The summed E-state index contributed by atoms with van der Waals surface area (Å²) in [5.41, 5.74) is 0.449. The molecule has 0 radical (unpaired) electrons. The van der Waals surface area contributed by atoms with Crippen molar-refractivity contribution in [3.63, 3.8) is 0 Å². The summed E-state index contributed by atoms with van der Waals surface area (Å²) in [6.07, 6.45) is 6.42. The number of esters is 1. The SMILES string of the molecule is CN1[C@@H]2CCCC[C@H]2N(C)P1(=O)/C=C/[C@@H]1[C@H](C(=O)OC(C)(C)C)N1OCc1ccccc1. The molecule has 3 aliphatic rings. The molecule has 1 aliphatic carbocycles. The Bertz CT molecular complexity index is 878. The monoisotopic (exact) mass is 461 g/mol. The molecule has 1 aromatic carbocycles. The fourth-order valence-electron chi connectivity index (χ4n) is 4.94. The highest BCUT2D eigenvalue weighted by atomic mass is 31.2. The Morgan fingerprint density at radius 2 is 1.69 bits per heavy atom. The van der Waals surface area contributed by atoms with Crippen LogP contribution in [0.3, 0.4) is 0 Å². The van der Waals surface area contributed by atoms with E-state index in [-0.39, 0.29) is 12.0 Å². The van der Waals surface area contributed by atoms with E-state index in [1.54, 1.807) is 5.06 Å². The second-order valence-electron chi connectivity index (χ2n) is 10.1. The van der Waals surface area contributed by atoms with Gasteiger partial charge in [-0.3, -0.25) is 14.2 Å². The van der Waals surface area contributed by atoms with Crippen LogP contribution in [-0.4, -0.2) is 64.2 Å². The Balaban J connectivity index is 1.49. The van der Waals surface area contributed by atoms with Crippen molar-refractivity contribution in [3.05, 3.63) is 47.8 Å². The zero-order chi connectivity index (χ0) is 23.1. The Morgan fingerprint density at radius 1 is 1.09 bits per heavy atom. The summed E-state index contributed by atoms with van der Waals surface area (Å²) in [5, 5.41) is 1.66. The quantitative estimate of drug-likeness (QED) is 0.353. The van der Waals surface area contributed by atoms with Crippen LogP contribution in [0.15, 0.2) is 42.2 Å². The summed E-state index contributed by atoms with van der Waals surface area (Å²) >= 11 is 0. The number of rotatable bonds is 6. The fraction of sp³-hybridized carbons (Fsp3) is 0.625. The number of carbonyl (C=O) groups is 1. The molecule has 2 aliphatic heterocycles. The second kappa shape index (κ2) is 9.03. The number of hydrogen-bond acceptors (Lipinski definition) is 5. The molecule has 32 heavy (non-hydrogen) atoms. The number of carbonyl (C=O) groups excluding carboxylic acids is 1. The van der Waals surface area contributed by atoms with Gasteiger partial charge in [-0.25, -0.2) is 9.34 Å². The zero-order valence-electron chi connectivity index (χ0n) is 19.8. The van der Waals surface area contributed by atoms with Crippen molar-refractivity contribution in [1.29, 1.82) is 0 Å². The number of nitrogens with zero attached hydrogens (tertiary/aromatic N) is 3. The lowest BCUT2D eigenvalue weighted by atomic mass is 9.91.